The summed E-state index contributed by atoms with van der Waals surface area (Å²) in [7, 11) is 0. The molecule has 1 heterocycles. The molecule has 1 rings (SSSR count). The molecule has 5 heteroatoms. The molecule has 1 aliphatic rings. The summed E-state index contributed by atoms with van der Waals surface area (Å²) in [6.45, 7) is 1.61. The largest absolute Gasteiger partial charge is 0.394 e. The third kappa shape index (κ3) is 2.69. The van der Waals surface area contributed by atoms with E-state index in [-0.39, 0.29) is 24.5 Å². The third-order valence-corrected chi connectivity index (χ3v) is 1.97. The number of rotatable bonds is 3. The molecule has 1 fully saturated rings. The summed E-state index contributed by atoms with van der Waals surface area (Å²) in [5.41, 5.74) is 0. The minimum Gasteiger partial charge on any atom is -0.394 e. The van der Waals surface area contributed by atoms with E-state index in [0.717, 1.165) is 0 Å². The molecule has 0 spiro atoms. The number of carbonyl (C=O) groups is 2. The van der Waals surface area contributed by atoms with Gasteiger partial charge in [-0.1, -0.05) is 0 Å². The lowest BCUT2D eigenvalue weighted by Gasteiger charge is -2.14. The highest BCUT2D eigenvalue weighted by molar-refractivity contribution is 5.90. The number of aliphatic hydroxyl groups is 1. The Morgan fingerprint density at radius 2 is 2.54 bits per heavy atom. The first-order valence-corrected chi connectivity index (χ1v) is 4.34. The molecule has 1 saturated heterocycles. The molecule has 0 aromatic carbocycles. The molecule has 5 nitrogen and oxygen atoms in total. The van der Waals surface area contributed by atoms with Crippen LogP contribution in [0.3, 0.4) is 0 Å². The van der Waals surface area contributed by atoms with Crippen LogP contribution in [0.4, 0.5) is 0 Å². The van der Waals surface area contributed by atoms with Gasteiger partial charge in [0.15, 0.2) is 0 Å². The van der Waals surface area contributed by atoms with Crippen LogP contribution >= 0.6 is 0 Å². The van der Waals surface area contributed by atoms with Crippen molar-refractivity contribution in [1.29, 1.82) is 0 Å². The molecule has 3 N–H and O–H groups in total. The first-order valence-electron chi connectivity index (χ1n) is 4.34. The Morgan fingerprint density at radius 1 is 1.85 bits per heavy atom. The van der Waals surface area contributed by atoms with Gasteiger partial charge in [-0.25, -0.2) is 0 Å². The van der Waals surface area contributed by atoms with E-state index in [0.29, 0.717) is 12.8 Å². The summed E-state index contributed by atoms with van der Waals surface area (Å²) in [4.78, 5) is 22.1. The Labute approximate surface area is 76.5 Å². The van der Waals surface area contributed by atoms with Crippen molar-refractivity contribution in [1.82, 2.24) is 10.6 Å². The van der Waals surface area contributed by atoms with E-state index in [4.69, 9.17) is 5.11 Å². The Kier molecular flexibility index (Phi) is 3.25. The van der Waals surface area contributed by atoms with Crippen molar-refractivity contribution in [2.75, 3.05) is 6.61 Å². The lowest BCUT2D eigenvalue weighted by molar-refractivity contribution is -0.126. The lowest BCUT2D eigenvalue weighted by atomic mass is 10.2. The van der Waals surface area contributed by atoms with Crippen LogP contribution in [0, 0.1) is 0 Å². The van der Waals surface area contributed by atoms with Crippen LogP contribution in [-0.4, -0.2) is 35.6 Å². The topological polar surface area (TPSA) is 78.4 Å². The number of carbonyl (C=O) groups excluding carboxylic acids is 2. The van der Waals surface area contributed by atoms with Gasteiger partial charge in [0, 0.05) is 12.5 Å². The van der Waals surface area contributed by atoms with Gasteiger partial charge in [-0.3, -0.25) is 9.59 Å². The normalized spacial score (nSPS) is 23.8. The monoisotopic (exact) mass is 186 g/mol. The predicted molar refractivity (Wildman–Crippen MR) is 45.9 cm³/mol. The fraction of sp³-hybridized carbons (Fsp3) is 0.750. The lowest BCUT2D eigenvalue weighted by Crippen LogP contribution is -2.46. The van der Waals surface area contributed by atoms with Crippen molar-refractivity contribution in [2.24, 2.45) is 0 Å². The van der Waals surface area contributed by atoms with Gasteiger partial charge in [0.1, 0.15) is 6.04 Å². The average molecular weight is 186 g/mol. The quantitative estimate of drug-likeness (QED) is 0.516. The summed E-state index contributed by atoms with van der Waals surface area (Å²) in [6, 6.07) is -0.675. The third-order valence-electron chi connectivity index (χ3n) is 1.97. The zero-order valence-electron chi connectivity index (χ0n) is 7.54. The Hall–Kier alpha value is -1.10. The molecule has 0 aromatic heterocycles. The minimum absolute atomic E-state index is 0.0863. The van der Waals surface area contributed by atoms with Crippen LogP contribution in [0.2, 0.25) is 0 Å². The van der Waals surface area contributed by atoms with E-state index >= 15 is 0 Å². The molecule has 0 radical (unpaired) electrons. The smallest absolute Gasteiger partial charge is 0.242 e. The highest BCUT2D eigenvalue weighted by Crippen LogP contribution is 2.06. The van der Waals surface area contributed by atoms with Crippen molar-refractivity contribution in [2.45, 2.75) is 31.8 Å². The summed E-state index contributed by atoms with van der Waals surface area (Å²) >= 11 is 0. The van der Waals surface area contributed by atoms with Crippen LogP contribution in [0.5, 0.6) is 0 Å². The minimum atomic E-state index is -0.415. The second-order valence-corrected chi connectivity index (χ2v) is 3.25. The van der Waals surface area contributed by atoms with Gasteiger partial charge in [-0.05, 0) is 13.3 Å². The number of aliphatic hydroxyl groups excluding tert-OH is 1. The van der Waals surface area contributed by atoms with E-state index in [1.807, 2.05) is 0 Å². The first-order chi connectivity index (χ1) is 6.13. The molecule has 0 aliphatic carbocycles. The number of hydrogen-bond acceptors (Lipinski definition) is 3. The van der Waals surface area contributed by atoms with Crippen molar-refractivity contribution < 1.29 is 14.7 Å². The number of hydrogen-bond donors (Lipinski definition) is 3. The fourth-order valence-electron chi connectivity index (χ4n) is 1.20. The van der Waals surface area contributed by atoms with Crippen LogP contribution in [0.15, 0.2) is 0 Å². The maximum Gasteiger partial charge on any atom is 0.242 e. The summed E-state index contributed by atoms with van der Waals surface area (Å²) in [6.07, 6.45) is 0.953. The molecule has 0 aromatic rings. The average Bonchev–Trinajstić information content (AvgIpc) is 2.51. The first kappa shape index (κ1) is 9.98. The van der Waals surface area contributed by atoms with Gasteiger partial charge >= 0.3 is 0 Å². The van der Waals surface area contributed by atoms with Crippen molar-refractivity contribution in [3.8, 4) is 0 Å². The zero-order chi connectivity index (χ0) is 9.84. The molecular weight excluding hydrogens is 172 g/mol. The Morgan fingerprint density at radius 3 is 3.00 bits per heavy atom. The van der Waals surface area contributed by atoms with Crippen LogP contribution in [0.1, 0.15) is 19.8 Å². The Balaban J connectivity index is 2.35. The number of amides is 2. The van der Waals surface area contributed by atoms with Gasteiger partial charge in [-0.2, -0.15) is 0 Å². The van der Waals surface area contributed by atoms with Gasteiger partial charge < -0.3 is 15.7 Å². The summed E-state index contributed by atoms with van der Waals surface area (Å²) < 4.78 is 0. The van der Waals surface area contributed by atoms with E-state index in [1.54, 1.807) is 6.92 Å². The van der Waals surface area contributed by atoms with E-state index < -0.39 is 6.04 Å². The molecule has 13 heavy (non-hydrogen) atoms. The van der Waals surface area contributed by atoms with Gasteiger partial charge in [-0.15, -0.1) is 0 Å². The van der Waals surface area contributed by atoms with Gasteiger partial charge in [0.2, 0.25) is 11.8 Å². The van der Waals surface area contributed by atoms with Crippen LogP contribution in [-0.2, 0) is 9.59 Å². The summed E-state index contributed by atoms with van der Waals surface area (Å²) in [5, 5.41) is 13.8. The molecular formula is C8H14N2O3. The SMILES string of the molecule is CC(CO)NC(=O)C1CCC(=O)N1. The maximum absolute atomic E-state index is 11.3. The molecule has 2 amide bonds. The van der Waals surface area contributed by atoms with Crippen LogP contribution in [0.25, 0.3) is 0 Å². The van der Waals surface area contributed by atoms with Crippen molar-refractivity contribution >= 4 is 11.8 Å². The maximum atomic E-state index is 11.3. The van der Waals surface area contributed by atoms with Gasteiger partial charge in [0.25, 0.3) is 0 Å². The number of nitrogens with one attached hydrogen (secondary N) is 2. The highest BCUT2D eigenvalue weighted by atomic mass is 16.3. The second-order valence-electron chi connectivity index (χ2n) is 3.25. The van der Waals surface area contributed by atoms with Crippen LogP contribution < -0.4 is 10.6 Å². The van der Waals surface area contributed by atoms with Crippen molar-refractivity contribution in [3.63, 3.8) is 0 Å². The Bertz CT molecular complexity index is 217. The zero-order valence-corrected chi connectivity index (χ0v) is 7.54. The predicted octanol–water partition coefficient (Wildman–Crippen LogP) is -1.24. The highest BCUT2D eigenvalue weighted by Gasteiger charge is 2.27. The molecule has 2 unspecified atom stereocenters. The van der Waals surface area contributed by atoms with E-state index in [9.17, 15) is 9.59 Å². The van der Waals surface area contributed by atoms with Gasteiger partial charge in [0.05, 0.1) is 6.61 Å². The molecule has 0 bridgehead atoms. The molecule has 2 atom stereocenters. The molecule has 1 aliphatic heterocycles. The summed E-state index contributed by atoms with van der Waals surface area (Å²) in [5.74, 6) is -0.302. The van der Waals surface area contributed by atoms with Crippen molar-refractivity contribution in [3.05, 3.63) is 0 Å². The van der Waals surface area contributed by atoms with E-state index in [2.05, 4.69) is 10.6 Å². The molecule has 74 valence electrons. The molecule has 0 saturated carbocycles. The van der Waals surface area contributed by atoms with E-state index in [1.165, 1.54) is 0 Å². The fourth-order valence-corrected chi connectivity index (χ4v) is 1.20. The second kappa shape index (κ2) is 4.23. The standard InChI is InChI=1S/C8H14N2O3/c1-5(4-11)9-8(13)6-2-3-7(12)10-6/h5-6,11H,2-4H2,1H3,(H,9,13)(H,10,12).